The van der Waals surface area contributed by atoms with Gasteiger partial charge in [0.25, 0.3) is 0 Å². The third-order valence-corrected chi connectivity index (χ3v) is 2.82. The highest BCUT2D eigenvalue weighted by atomic mass is 19.1. The minimum atomic E-state index is -0.675. The lowest BCUT2D eigenvalue weighted by Crippen LogP contribution is -2.22. The van der Waals surface area contributed by atoms with Crippen molar-refractivity contribution in [3.63, 3.8) is 0 Å². The van der Waals surface area contributed by atoms with Gasteiger partial charge in [-0.3, -0.25) is 0 Å². The van der Waals surface area contributed by atoms with Crippen molar-refractivity contribution in [2.24, 2.45) is 0 Å². The van der Waals surface area contributed by atoms with E-state index in [-0.39, 0.29) is 11.7 Å². The zero-order valence-electron chi connectivity index (χ0n) is 11.5. The largest absolute Gasteiger partial charge is 0.465 e. The third-order valence-electron chi connectivity index (χ3n) is 2.82. The molecule has 19 heavy (non-hydrogen) atoms. The number of benzene rings is 1. The number of hydrogen-bond donors (Lipinski definition) is 1. The molecule has 1 unspecified atom stereocenters. The monoisotopic (exact) mass is 269 g/mol. The summed E-state index contributed by atoms with van der Waals surface area (Å²) in [4.78, 5) is 13.2. The first-order valence-corrected chi connectivity index (χ1v) is 6.17. The van der Waals surface area contributed by atoms with Gasteiger partial charge in [-0.15, -0.1) is 0 Å². The molecule has 0 radical (unpaired) electrons. The predicted octanol–water partition coefficient (Wildman–Crippen LogP) is 1.81. The van der Waals surface area contributed by atoms with Gasteiger partial charge in [0.1, 0.15) is 5.82 Å². The van der Waals surface area contributed by atoms with Crippen molar-refractivity contribution in [2.45, 2.75) is 26.0 Å². The fourth-order valence-electron chi connectivity index (χ4n) is 1.73. The quantitative estimate of drug-likeness (QED) is 0.800. The van der Waals surface area contributed by atoms with E-state index in [2.05, 4.69) is 4.74 Å². The number of rotatable bonds is 6. The molecule has 0 amide bonds. The van der Waals surface area contributed by atoms with Crippen LogP contribution in [0, 0.1) is 5.82 Å². The number of halogens is 1. The van der Waals surface area contributed by atoms with Gasteiger partial charge in [0.2, 0.25) is 0 Å². The standard InChI is InChI=1S/C14H20FNO3/c1-10(17)6-7-16(2)9-11-4-5-12(13(15)8-11)14(18)19-3/h4-5,8,10,17H,6-7,9H2,1-3H3. The maximum Gasteiger partial charge on any atom is 0.340 e. The molecule has 1 aromatic rings. The Morgan fingerprint density at radius 1 is 1.53 bits per heavy atom. The van der Waals surface area contributed by atoms with E-state index in [9.17, 15) is 14.3 Å². The maximum atomic E-state index is 13.7. The SMILES string of the molecule is COC(=O)c1ccc(CN(C)CCC(C)O)cc1F. The minimum Gasteiger partial charge on any atom is -0.465 e. The van der Waals surface area contributed by atoms with Gasteiger partial charge < -0.3 is 14.7 Å². The summed E-state index contributed by atoms with van der Waals surface area (Å²) in [6.07, 6.45) is 0.319. The lowest BCUT2D eigenvalue weighted by molar-refractivity contribution is 0.0595. The van der Waals surface area contributed by atoms with Crippen molar-refractivity contribution in [3.8, 4) is 0 Å². The van der Waals surface area contributed by atoms with Crippen LogP contribution in [0.2, 0.25) is 0 Å². The van der Waals surface area contributed by atoms with Crippen LogP contribution in [-0.4, -0.2) is 42.8 Å². The van der Waals surface area contributed by atoms with Crippen LogP contribution < -0.4 is 0 Å². The van der Waals surface area contributed by atoms with E-state index in [1.54, 1.807) is 13.0 Å². The second kappa shape index (κ2) is 7.21. The fourth-order valence-corrected chi connectivity index (χ4v) is 1.73. The Hall–Kier alpha value is -1.46. The molecular weight excluding hydrogens is 249 g/mol. The molecule has 0 saturated carbocycles. The summed E-state index contributed by atoms with van der Waals surface area (Å²) in [5.41, 5.74) is 0.719. The smallest absolute Gasteiger partial charge is 0.340 e. The summed E-state index contributed by atoms with van der Waals surface area (Å²) in [7, 11) is 3.12. The van der Waals surface area contributed by atoms with Gasteiger partial charge in [-0.2, -0.15) is 0 Å². The third kappa shape index (κ3) is 4.96. The molecule has 0 spiro atoms. The molecule has 5 heteroatoms. The summed E-state index contributed by atoms with van der Waals surface area (Å²) < 4.78 is 18.2. The highest BCUT2D eigenvalue weighted by Gasteiger charge is 2.12. The molecule has 0 aliphatic carbocycles. The normalized spacial score (nSPS) is 12.5. The highest BCUT2D eigenvalue weighted by molar-refractivity contribution is 5.89. The lowest BCUT2D eigenvalue weighted by atomic mass is 10.1. The Morgan fingerprint density at radius 2 is 2.21 bits per heavy atom. The maximum absolute atomic E-state index is 13.7. The zero-order chi connectivity index (χ0) is 14.4. The second-order valence-electron chi connectivity index (χ2n) is 4.68. The van der Waals surface area contributed by atoms with Gasteiger partial charge in [0, 0.05) is 13.1 Å². The molecule has 0 aliphatic heterocycles. The first kappa shape index (κ1) is 15.6. The van der Waals surface area contributed by atoms with Crippen molar-refractivity contribution in [2.75, 3.05) is 20.7 Å². The molecule has 0 bridgehead atoms. The van der Waals surface area contributed by atoms with Gasteiger partial charge >= 0.3 is 5.97 Å². The molecular formula is C14H20FNO3. The van der Waals surface area contributed by atoms with E-state index in [0.717, 1.165) is 12.1 Å². The summed E-state index contributed by atoms with van der Waals surface area (Å²) in [5.74, 6) is -1.25. The summed E-state index contributed by atoms with van der Waals surface area (Å²) >= 11 is 0. The van der Waals surface area contributed by atoms with Gasteiger partial charge in [-0.05, 0) is 38.1 Å². The number of methoxy groups -OCH3 is 1. The van der Waals surface area contributed by atoms with Crippen molar-refractivity contribution < 1.29 is 19.0 Å². The van der Waals surface area contributed by atoms with Gasteiger partial charge in [-0.1, -0.05) is 6.07 Å². The van der Waals surface area contributed by atoms with Crippen LogP contribution in [0.25, 0.3) is 0 Å². The Bertz CT molecular complexity index is 435. The van der Waals surface area contributed by atoms with Crippen molar-refractivity contribution >= 4 is 5.97 Å². The molecule has 1 rings (SSSR count). The number of nitrogens with zero attached hydrogens (tertiary/aromatic N) is 1. The van der Waals surface area contributed by atoms with Gasteiger partial charge in [0.05, 0.1) is 18.8 Å². The molecule has 0 aromatic heterocycles. The van der Waals surface area contributed by atoms with Crippen LogP contribution >= 0.6 is 0 Å². The van der Waals surface area contributed by atoms with E-state index in [0.29, 0.717) is 13.0 Å². The van der Waals surface area contributed by atoms with Crippen LogP contribution in [0.15, 0.2) is 18.2 Å². The number of carbonyl (C=O) groups is 1. The fraction of sp³-hybridized carbons (Fsp3) is 0.500. The summed E-state index contributed by atoms with van der Waals surface area (Å²) in [6.45, 7) is 3.02. The number of carbonyl (C=O) groups excluding carboxylic acids is 1. The Kier molecular flexibility index (Phi) is 5.92. The van der Waals surface area contributed by atoms with Gasteiger partial charge in [0.15, 0.2) is 0 Å². The van der Waals surface area contributed by atoms with Crippen LogP contribution in [0.4, 0.5) is 4.39 Å². The highest BCUT2D eigenvalue weighted by Crippen LogP contribution is 2.13. The van der Waals surface area contributed by atoms with Crippen molar-refractivity contribution in [1.82, 2.24) is 4.90 Å². The van der Waals surface area contributed by atoms with E-state index in [1.807, 2.05) is 11.9 Å². The first-order chi connectivity index (χ1) is 8.93. The van der Waals surface area contributed by atoms with Crippen LogP contribution in [0.3, 0.4) is 0 Å². The van der Waals surface area contributed by atoms with E-state index < -0.39 is 11.8 Å². The topological polar surface area (TPSA) is 49.8 Å². The average molecular weight is 269 g/mol. The number of esters is 1. The summed E-state index contributed by atoms with van der Waals surface area (Å²) in [6, 6.07) is 4.47. The Balaban J connectivity index is 2.65. The molecule has 0 aliphatic rings. The van der Waals surface area contributed by atoms with Crippen molar-refractivity contribution in [3.05, 3.63) is 35.1 Å². The minimum absolute atomic E-state index is 0.0575. The summed E-state index contributed by atoms with van der Waals surface area (Å²) in [5, 5.41) is 9.20. The Labute approximate surface area is 112 Å². The molecule has 1 N–H and O–H groups in total. The number of aliphatic hydroxyl groups excluding tert-OH is 1. The number of aliphatic hydroxyl groups is 1. The lowest BCUT2D eigenvalue weighted by Gasteiger charge is -2.17. The molecule has 106 valence electrons. The Morgan fingerprint density at radius 3 is 2.74 bits per heavy atom. The number of hydrogen-bond acceptors (Lipinski definition) is 4. The first-order valence-electron chi connectivity index (χ1n) is 6.17. The molecule has 0 saturated heterocycles. The van der Waals surface area contributed by atoms with E-state index >= 15 is 0 Å². The molecule has 4 nitrogen and oxygen atoms in total. The molecule has 1 aromatic carbocycles. The average Bonchev–Trinajstić information content (AvgIpc) is 2.35. The predicted molar refractivity (Wildman–Crippen MR) is 70.4 cm³/mol. The van der Waals surface area contributed by atoms with Crippen LogP contribution in [0.1, 0.15) is 29.3 Å². The molecule has 0 fully saturated rings. The van der Waals surface area contributed by atoms with E-state index in [4.69, 9.17) is 0 Å². The van der Waals surface area contributed by atoms with E-state index in [1.165, 1.54) is 19.2 Å². The van der Waals surface area contributed by atoms with Crippen molar-refractivity contribution in [1.29, 1.82) is 0 Å². The second-order valence-corrected chi connectivity index (χ2v) is 4.68. The molecule has 1 atom stereocenters. The van der Waals surface area contributed by atoms with Gasteiger partial charge in [-0.25, -0.2) is 9.18 Å². The number of ether oxygens (including phenoxy) is 1. The van der Waals surface area contributed by atoms with Crippen LogP contribution in [0.5, 0.6) is 0 Å². The molecule has 0 heterocycles. The zero-order valence-corrected chi connectivity index (χ0v) is 11.5. The van der Waals surface area contributed by atoms with Crippen LogP contribution in [-0.2, 0) is 11.3 Å².